The maximum absolute atomic E-state index is 12.4. The molecule has 22 heavy (non-hydrogen) atoms. The van der Waals surface area contributed by atoms with Crippen molar-refractivity contribution in [3.63, 3.8) is 0 Å². The zero-order chi connectivity index (χ0) is 16.1. The van der Waals surface area contributed by atoms with Crippen LogP contribution in [0.1, 0.15) is 18.9 Å². The third-order valence-electron chi connectivity index (χ3n) is 3.21. The molecule has 0 fully saturated rings. The highest BCUT2D eigenvalue weighted by Gasteiger charge is 2.20. The molecule has 116 valence electrons. The number of hydrogen-bond donors (Lipinski definition) is 1. The van der Waals surface area contributed by atoms with Crippen LogP contribution in [0.3, 0.4) is 0 Å². The summed E-state index contributed by atoms with van der Waals surface area (Å²) in [7, 11) is 0. The van der Waals surface area contributed by atoms with Gasteiger partial charge in [0.1, 0.15) is 5.75 Å². The van der Waals surface area contributed by atoms with Gasteiger partial charge in [0.15, 0.2) is 6.10 Å². The van der Waals surface area contributed by atoms with Crippen LogP contribution in [0.2, 0.25) is 10.0 Å². The van der Waals surface area contributed by atoms with Crippen LogP contribution < -0.4 is 10.1 Å². The van der Waals surface area contributed by atoms with Crippen molar-refractivity contribution in [1.82, 2.24) is 0 Å². The maximum Gasteiger partial charge on any atom is 0.265 e. The molecule has 0 spiro atoms. The van der Waals surface area contributed by atoms with Crippen LogP contribution in [-0.4, -0.2) is 12.0 Å². The van der Waals surface area contributed by atoms with E-state index in [0.717, 1.165) is 5.56 Å². The second kappa shape index (κ2) is 7.52. The van der Waals surface area contributed by atoms with Gasteiger partial charge in [-0.2, -0.15) is 0 Å². The molecule has 0 aliphatic carbocycles. The van der Waals surface area contributed by atoms with Crippen molar-refractivity contribution in [2.75, 3.05) is 5.32 Å². The number of aryl methyl sites for hydroxylation is 1. The first kappa shape index (κ1) is 16.7. The summed E-state index contributed by atoms with van der Waals surface area (Å²) < 4.78 is 5.81. The summed E-state index contributed by atoms with van der Waals surface area (Å²) in [6, 6.07) is 12.5. The molecule has 0 saturated heterocycles. The smallest absolute Gasteiger partial charge is 0.265 e. The number of anilines is 1. The molecule has 0 bridgehead atoms. The molecule has 0 heterocycles. The standard InChI is InChI=1S/C17H17Cl2NO2/c1-3-15(22-16-7-5-4-6-11(16)2)17(21)20-14-10-12(18)8-9-13(14)19/h4-10,15H,3H2,1-2H3,(H,20,21)/t15-/m0/s1. The predicted molar refractivity (Wildman–Crippen MR) is 91.0 cm³/mol. The first-order valence-electron chi connectivity index (χ1n) is 6.99. The van der Waals surface area contributed by atoms with Crippen LogP contribution in [0, 0.1) is 6.92 Å². The van der Waals surface area contributed by atoms with Crippen LogP contribution in [0.4, 0.5) is 5.69 Å². The Morgan fingerprint density at radius 2 is 1.95 bits per heavy atom. The second-order valence-electron chi connectivity index (χ2n) is 4.89. The van der Waals surface area contributed by atoms with E-state index < -0.39 is 6.10 Å². The highest BCUT2D eigenvalue weighted by Crippen LogP contribution is 2.26. The number of ether oxygens (including phenoxy) is 1. The van der Waals surface area contributed by atoms with Gasteiger partial charge in [0, 0.05) is 5.02 Å². The van der Waals surface area contributed by atoms with Crippen LogP contribution in [0.15, 0.2) is 42.5 Å². The number of halogens is 2. The molecule has 2 aromatic rings. The summed E-state index contributed by atoms with van der Waals surface area (Å²) in [5, 5.41) is 3.70. The van der Waals surface area contributed by atoms with E-state index in [2.05, 4.69) is 5.32 Å². The zero-order valence-corrected chi connectivity index (χ0v) is 13.9. The lowest BCUT2D eigenvalue weighted by molar-refractivity contribution is -0.122. The number of rotatable bonds is 5. The van der Waals surface area contributed by atoms with Crippen LogP contribution in [0.5, 0.6) is 5.75 Å². The molecule has 0 unspecified atom stereocenters. The lowest BCUT2D eigenvalue weighted by Crippen LogP contribution is -2.32. The number of para-hydroxylation sites is 1. The van der Waals surface area contributed by atoms with E-state index >= 15 is 0 Å². The Morgan fingerprint density at radius 1 is 1.23 bits per heavy atom. The van der Waals surface area contributed by atoms with Gasteiger partial charge in [-0.3, -0.25) is 4.79 Å². The lowest BCUT2D eigenvalue weighted by atomic mass is 10.2. The number of nitrogens with one attached hydrogen (secondary N) is 1. The fourth-order valence-corrected chi connectivity index (χ4v) is 2.31. The summed E-state index contributed by atoms with van der Waals surface area (Å²) in [5.74, 6) is 0.441. The summed E-state index contributed by atoms with van der Waals surface area (Å²) in [5.41, 5.74) is 1.46. The zero-order valence-electron chi connectivity index (χ0n) is 12.4. The summed E-state index contributed by atoms with van der Waals surface area (Å²) >= 11 is 12.0. The molecule has 1 atom stereocenters. The SMILES string of the molecule is CC[C@H](Oc1ccccc1C)C(=O)Nc1cc(Cl)ccc1Cl. The molecule has 0 radical (unpaired) electrons. The third-order valence-corrected chi connectivity index (χ3v) is 3.78. The average Bonchev–Trinajstić information content (AvgIpc) is 2.50. The summed E-state index contributed by atoms with van der Waals surface area (Å²) in [4.78, 5) is 12.4. The van der Waals surface area contributed by atoms with Crippen molar-refractivity contribution >= 4 is 34.8 Å². The van der Waals surface area contributed by atoms with E-state index in [9.17, 15) is 4.79 Å². The quantitative estimate of drug-likeness (QED) is 0.824. The highest BCUT2D eigenvalue weighted by molar-refractivity contribution is 6.35. The molecule has 0 aromatic heterocycles. The monoisotopic (exact) mass is 337 g/mol. The van der Waals surface area contributed by atoms with E-state index in [0.29, 0.717) is 27.9 Å². The van der Waals surface area contributed by atoms with Gasteiger partial charge in [0.05, 0.1) is 10.7 Å². The Hall–Kier alpha value is -1.71. The normalized spacial score (nSPS) is 11.8. The maximum atomic E-state index is 12.4. The van der Waals surface area contributed by atoms with Crippen molar-refractivity contribution in [3.8, 4) is 5.75 Å². The molecule has 1 amide bonds. The predicted octanol–water partition coefficient (Wildman–Crippen LogP) is 5.10. The summed E-state index contributed by atoms with van der Waals surface area (Å²) in [6.45, 7) is 3.83. The van der Waals surface area contributed by atoms with Gasteiger partial charge in [-0.15, -0.1) is 0 Å². The average molecular weight is 338 g/mol. The number of amides is 1. The van der Waals surface area contributed by atoms with Gasteiger partial charge < -0.3 is 10.1 Å². The van der Waals surface area contributed by atoms with Crippen LogP contribution >= 0.6 is 23.2 Å². The Morgan fingerprint density at radius 3 is 2.64 bits per heavy atom. The van der Waals surface area contributed by atoms with Crippen molar-refractivity contribution in [2.45, 2.75) is 26.4 Å². The minimum absolute atomic E-state index is 0.255. The van der Waals surface area contributed by atoms with Crippen molar-refractivity contribution in [2.24, 2.45) is 0 Å². The number of benzene rings is 2. The lowest BCUT2D eigenvalue weighted by Gasteiger charge is -2.19. The molecule has 0 saturated carbocycles. The molecular weight excluding hydrogens is 321 g/mol. The molecule has 2 aromatic carbocycles. The van der Waals surface area contributed by atoms with E-state index in [1.807, 2.05) is 38.1 Å². The van der Waals surface area contributed by atoms with E-state index in [1.165, 1.54) is 0 Å². The molecule has 0 aliphatic rings. The van der Waals surface area contributed by atoms with E-state index in [4.69, 9.17) is 27.9 Å². The van der Waals surface area contributed by atoms with Crippen molar-refractivity contribution in [3.05, 3.63) is 58.1 Å². The Labute approximate surface area is 140 Å². The first-order chi connectivity index (χ1) is 10.5. The van der Waals surface area contributed by atoms with Gasteiger partial charge in [0.25, 0.3) is 5.91 Å². The van der Waals surface area contributed by atoms with Crippen LogP contribution in [0.25, 0.3) is 0 Å². The first-order valence-corrected chi connectivity index (χ1v) is 7.75. The van der Waals surface area contributed by atoms with Gasteiger partial charge in [-0.1, -0.05) is 48.3 Å². The molecular formula is C17H17Cl2NO2. The van der Waals surface area contributed by atoms with Gasteiger partial charge >= 0.3 is 0 Å². The second-order valence-corrected chi connectivity index (χ2v) is 5.74. The minimum atomic E-state index is -0.601. The molecule has 5 heteroatoms. The molecule has 2 rings (SSSR count). The van der Waals surface area contributed by atoms with Crippen molar-refractivity contribution in [1.29, 1.82) is 0 Å². The third kappa shape index (κ3) is 4.15. The van der Waals surface area contributed by atoms with Gasteiger partial charge in [-0.05, 0) is 43.2 Å². The molecule has 0 aliphatic heterocycles. The topological polar surface area (TPSA) is 38.3 Å². The van der Waals surface area contributed by atoms with Gasteiger partial charge in [-0.25, -0.2) is 0 Å². The fourth-order valence-electron chi connectivity index (χ4n) is 1.97. The van der Waals surface area contributed by atoms with E-state index in [-0.39, 0.29) is 5.91 Å². The Kier molecular flexibility index (Phi) is 5.69. The number of hydrogen-bond acceptors (Lipinski definition) is 2. The summed E-state index contributed by atoms with van der Waals surface area (Å²) in [6.07, 6.45) is -0.0608. The van der Waals surface area contributed by atoms with E-state index in [1.54, 1.807) is 18.2 Å². The highest BCUT2D eigenvalue weighted by atomic mass is 35.5. The molecule has 3 nitrogen and oxygen atoms in total. The number of carbonyl (C=O) groups excluding carboxylic acids is 1. The fraction of sp³-hybridized carbons (Fsp3) is 0.235. The molecule has 1 N–H and O–H groups in total. The van der Waals surface area contributed by atoms with Crippen LogP contribution in [-0.2, 0) is 4.79 Å². The van der Waals surface area contributed by atoms with Crippen molar-refractivity contribution < 1.29 is 9.53 Å². The minimum Gasteiger partial charge on any atom is -0.480 e. The Balaban J connectivity index is 2.12. The van der Waals surface area contributed by atoms with Gasteiger partial charge in [0.2, 0.25) is 0 Å². The number of carbonyl (C=O) groups is 1. The largest absolute Gasteiger partial charge is 0.480 e. The Bertz CT molecular complexity index is 673.